The van der Waals surface area contributed by atoms with Crippen LogP contribution in [0.5, 0.6) is 0 Å². The fraction of sp³-hybridized carbons (Fsp3) is 0.0625. The highest BCUT2D eigenvalue weighted by Crippen LogP contribution is 2.16. The third-order valence-electron chi connectivity index (χ3n) is 3.32. The largest absolute Gasteiger partial charge is 0.478 e. The van der Waals surface area contributed by atoms with Gasteiger partial charge < -0.3 is 5.11 Å². The van der Waals surface area contributed by atoms with Gasteiger partial charge in [0.1, 0.15) is 0 Å². The van der Waals surface area contributed by atoms with Gasteiger partial charge >= 0.3 is 5.97 Å². The van der Waals surface area contributed by atoms with E-state index in [1.54, 1.807) is 30.5 Å². The topological polar surface area (TPSA) is 72.2 Å². The highest BCUT2D eigenvalue weighted by atomic mass is 79.9. The number of aromatic carboxylic acids is 1. The van der Waals surface area contributed by atoms with E-state index in [-0.39, 0.29) is 17.7 Å². The van der Waals surface area contributed by atoms with Crippen molar-refractivity contribution in [3.05, 3.63) is 74.6 Å². The molecule has 0 saturated carbocycles. The van der Waals surface area contributed by atoms with E-state index in [1.165, 1.54) is 10.7 Å². The minimum Gasteiger partial charge on any atom is -0.478 e. The molecule has 110 valence electrons. The fourth-order valence-electron chi connectivity index (χ4n) is 2.24. The molecule has 1 N–H and O–H groups in total. The smallest absolute Gasteiger partial charge is 0.335 e. The van der Waals surface area contributed by atoms with E-state index in [9.17, 15) is 9.59 Å². The number of carboxylic acids is 1. The molecule has 0 spiro atoms. The predicted molar refractivity (Wildman–Crippen MR) is 86.2 cm³/mol. The Labute approximate surface area is 134 Å². The number of aromatic nitrogens is 2. The first-order valence-electron chi connectivity index (χ1n) is 6.52. The van der Waals surface area contributed by atoms with Gasteiger partial charge in [0.25, 0.3) is 5.56 Å². The van der Waals surface area contributed by atoms with Crippen LogP contribution in [0.15, 0.2) is 57.9 Å². The number of hydrogen-bond donors (Lipinski definition) is 1. The van der Waals surface area contributed by atoms with Crippen molar-refractivity contribution in [1.29, 1.82) is 0 Å². The summed E-state index contributed by atoms with van der Waals surface area (Å²) in [6, 6.07) is 11.9. The number of carbonyl (C=O) groups is 1. The Morgan fingerprint density at radius 3 is 2.82 bits per heavy atom. The molecule has 3 rings (SSSR count). The molecule has 0 saturated heterocycles. The number of carboxylic acid groups (broad SMARTS) is 1. The van der Waals surface area contributed by atoms with Crippen LogP contribution in [0.1, 0.15) is 15.9 Å². The summed E-state index contributed by atoms with van der Waals surface area (Å²) in [7, 11) is 0. The monoisotopic (exact) mass is 358 g/mol. The van der Waals surface area contributed by atoms with E-state index in [0.717, 1.165) is 9.86 Å². The number of rotatable bonds is 3. The number of benzene rings is 2. The average Bonchev–Trinajstić information content (AvgIpc) is 2.51. The zero-order valence-corrected chi connectivity index (χ0v) is 12.9. The van der Waals surface area contributed by atoms with Crippen LogP contribution in [0.4, 0.5) is 0 Å². The quantitative estimate of drug-likeness (QED) is 0.781. The summed E-state index contributed by atoms with van der Waals surface area (Å²) in [6.07, 6.45) is 1.63. The van der Waals surface area contributed by atoms with Crippen LogP contribution in [0.25, 0.3) is 10.8 Å². The molecule has 3 aromatic rings. The summed E-state index contributed by atoms with van der Waals surface area (Å²) in [5.74, 6) is -0.996. The molecule has 0 atom stereocenters. The minimum absolute atomic E-state index is 0.189. The van der Waals surface area contributed by atoms with Crippen LogP contribution in [0.2, 0.25) is 0 Å². The van der Waals surface area contributed by atoms with Crippen molar-refractivity contribution >= 4 is 32.7 Å². The Bertz CT molecular complexity index is 934. The third kappa shape index (κ3) is 2.78. The van der Waals surface area contributed by atoms with Gasteiger partial charge in [0.2, 0.25) is 0 Å². The van der Waals surface area contributed by atoms with Crippen LogP contribution >= 0.6 is 15.9 Å². The van der Waals surface area contributed by atoms with Crippen molar-refractivity contribution in [3.63, 3.8) is 0 Å². The lowest BCUT2D eigenvalue weighted by atomic mass is 10.1. The van der Waals surface area contributed by atoms with Crippen LogP contribution in [-0.4, -0.2) is 20.9 Å². The second-order valence-corrected chi connectivity index (χ2v) is 5.76. The molecule has 0 amide bonds. The van der Waals surface area contributed by atoms with Crippen LogP contribution in [0.3, 0.4) is 0 Å². The summed E-state index contributed by atoms with van der Waals surface area (Å²) < 4.78 is 2.15. The Morgan fingerprint density at radius 2 is 2.05 bits per heavy atom. The number of nitrogens with zero attached hydrogens (tertiary/aromatic N) is 2. The highest BCUT2D eigenvalue weighted by molar-refractivity contribution is 9.10. The van der Waals surface area contributed by atoms with Crippen molar-refractivity contribution in [3.8, 4) is 0 Å². The van der Waals surface area contributed by atoms with Gasteiger partial charge in [-0.3, -0.25) is 4.79 Å². The van der Waals surface area contributed by atoms with Crippen molar-refractivity contribution in [2.24, 2.45) is 0 Å². The molecule has 0 aliphatic rings. The van der Waals surface area contributed by atoms with Crippen molar-refractivity contribution in [1.82, 2.24) is 9.78 Å². The molecule has 5 nitrogen and oxygen atoms in total. The molecule has 0 fully saturated rings. The fourth-order valence-corrected chi connectivity index (χ4v) is 2.60. The Hall–Kier alpha value is -2.47. The minimum atomic E-state index is -0.996. The summed E-state index contributed by atoms with van der Waals surface area (Å²) in [4.78, 5) is 23.5. The maximum absolute atomic E-state index is 12.5. The Kier molecular flexibility index (Phi) is 3.77. The molecular weight excluding hydrogens is 348 g/mol. The molecular formula is C16H11BrN2O3. The third-order valence-corrected chi connectivity index (χ3v) is 3.82. The van der Waals surface area contributed by atoms with Gasteiger partial charge in [-0.2, -0.15) is 5.10 Å². The van der Waals surface area contributed by atoms with Gasteiger partial charge in [-0.1, -0.05) is 34.1 Å². The van der Waals surface area contributed by atoms with E-state index < -0.39 is 5.97 Å². The van der Waals surface area contributed by atoms with Crippen LogP contribution in [0, 0.1) is 0 Å². The molecule has 1 heterocycles. The summed E-state index contributed by atoms with van der Waals surface area (Å²) in [6.45, 7) is 0.225. The molecule has 0 bridgehead atoms. The van der Waals surface area contributed by atoms with Crippen molar-refractivity contribution in [2.45, 2.75) is 6.54 Å². The van der Waals surface area contributed by atoms with E-state index in [0.29, 0.717) is 10.9 Å². The number of hydrogen-bond acceptors (Lipinski definition) is 3. The van der Waals surface area contributed by atoms with E-state index in [4.69, 9.17) is 5.11 Å². The summed E-state index contributed by atoms with van der Waals surface area (Å²) in [5.41, 5.74) is 0.692. The van der Waals surface area contributed by atoms with Gasteiger partial charge in [0, 0.05) is 9.86 Å². The second-order valence-electron chi connectivity index (χ2n) is 4.84. The van der Waals surface area contributed by atoms with Crippen molar-refractivity contribution < 1.29 is 9.90 Å². The van der Waals surface area contributed by atoms with E-state index in [2.05, 4.69) is 21.0 Å². The normalized spacial score (nSPS) is 10.8. The SMILES string of the molecule is O=C(O)c1cccc(Cn2ncc3ccc(Br)cc3c2=O)c1. The van der Waals surface area contributed by atoms with Gasteiger partial charge in [-0.05, 0) is 29.8 Å². The molecule has 22 heavy (non-hydrogen) atoms. The molecule has 2 aromatic carbocycles. The number of fused-ring (bicyclic) bond motifs is 1. The average molecular weight is 359 g/mol. The lowest BCUT2D eigenvalue weighted by Crippen LogP contribution is -2.23. The second kappa shape index (κ2) is 5.73. The maximum atomic E-state index is 12.5. The van der Waals surface area contributed by atoms with Crippen LogP contribution < -0.4 is 5.56 Å². The van der Waals surface area contributed by atoms with Gasteiger partial charge in [0.15, 0.2) is 0 Å². The molecule has 1 aromatic heterocycles. The molecule has 6 heteroatoms. The first-order valence-corrected chi connectivity index (χ1v) is 7.31. The highest BCUT2D eigenvalue weighted by Gasteiger charge is 2.07. The molecule has 0 aliphatic carbocycles. The van der Waals surface area contributed by atoms with Crippen LogP contribution in [-0.2, 0) is 6.54 Å². The van der Waals surface area contributed by atoms with E-state index >= 15 is 0 Å². The lowest BCUT2D eigenvalue weighted by Gasteiger charge is -2.07. The standard InChI is InChI=1S/C16H11BrN2O3/c17-13-5-4-12-8-18-19(15(20)14(12)7-13)9-10-2-1-3-11(6-10)16(21)22/h1-8H,9H2,(H,21,22). The maximum Gasteiger partial charge on any atom is 0.335 e. The van der Waals surface area contributed by atoms with Gasteiger partial charge in [-0.25, -0.2) is 9.48 Å². The first-order chi connectivity index (χ1) is 10.5. The number of halogens is 1. The van der Waals surface area contributed by atoms with Crippen molar-refractivity contribution in [2.75, 3.05) is 0 Å². The lowest BCUT2D eigenvalue weighted by molar-refractivity contribution is 0.0696. The first kappa shape index (κ1) is 14.5. The molecule has 0 aliphatic heterocycles. The zero-order valence-electron chi connectivity index (χ0n) is 11.4. The Morgan fingerprint density at radius 1 is 1.23 bits per heavy atom. The van der Waals surface area contributed by atoms with E-state index in [1.807, 2.05) is 12.1 Å². The van der Waals surface area contributed by atoms with Gasteiger partial charge in [0.05, 0.1) is 23.7 Å². The molecule has 0 unspecified atom stereocenters. The Balaban J connectivity index is 2.04. The predicted octanol–water partition coefficient (Wildman–Crippen LogP) is 2.91. The van der Waals surface area contributed by atoms with Gasteiger partial charge in [-0.15, -0.1) is 0 Å². The summed E-state index contributed by atoms with van der Waals surface area (Å²) >= 11 is 3.35. The summed E-state index contributed by atoms with van der Waals surface area (Å²) in [5, 5.41) is 14.5. The molecule has 0 radical (unpaired) electrons. The zero-order chi connectivity index (χ0) is 15.7.